The Hall–Kier alpha value is -4.90. The molecule has 4 aliphatic heterocycles. The molecule has 21 N–H and O–H groups in total. The summed E-state index contributed by atoms with van der Waals surface area (Å²) in [6.07, 6.45) is -38.1. The number of hydrogen-bond acceptors (Lipinski definition) is 33. The number of nitrogens with two attached hydrogens (primary N) is 3. The molecule has 1 aromatic carbocycles. The van der Waals surface area contributed by atoms with Crippen LogP contribution in [0.4, 0.5) is 15.3 Å². The summed E-state index contributed by atoms with van der Waals surface area (Å²) in [5.41, 5.74) is 17.9. The van der Waals surface area contributed by atoms with Gasteiger partial charge in [-0.25, -0.2) is 9.59 Å². The second-order valence-corrected chi connectivity index (χ2v) is 22.6. The van der Waals surface area contributed by atoms with Gasteiger partial charge in [0.25, 0.3) is 0 Å². The Kier molecular flexibility index (Phi) is 35.3. The lowest BCUT2D eigenvalue weighted by Crippen LogP contribution is -2.65. The lowest BCUT2D eigenvalue weighted by molar-refractivity contribution is -0.367. The van der Waals surface area contributed by atoms with Gasteiger partial charge >= 0.3 is 18.2 Å². The third-order valence-corrected chi connectivity index (χ3v) is 15.5. The maximum atomic E-state index is 13.6. The second kappa shape index (κ2) is 41.5. The molecule has 0 radical (unpaired) electrons. The number of carbonyl (C=O) groups is 6. The van der Waals surface area contributed by atoms with Gasteiger partial charge in [-0.2, -0.15) is 0 Å². The van der Waals surface area contributed by atoms with Gasteiger partial charge in [-0.3, -0.25) is 19.2 Å². The SMILES string of the molecule is NC(=O)O[C@@H]1[C@H](O)[C@@H](O[C@@H]2[C@@H](OCCOCCNC(=O)CC(NC(=O)CCCOC(=O)[C@H](N)Cc3ccc(N(CCCl)CCCl)cc3)C(=O)NCCOCCO[C@H]3O[C@@H](CO)[C@@H](O)[C@H](O)[C@@H]3O[C@H]3O[C@H](CO)[C@@H](O)[C@H](OC(N)=O)[C@@H]3O)O[C@@H](CO)[C@@H](O)[C@@H]2O)O[C@H](CO)[C@H]1O. The van der Waals surface area contributed by atoms with Crippen molar-refractivity contribution in [2.24, 2.45) is 17.2 Å². The molecule has 4 saturated heterocycles. The molecule has 0 bridgehead atoms. The molecule has 0 spiro atoms. The van der Waals surface area contributed by atoms with Crippen molar-refractivity contribution in [3.63, 3.8) is 0 Å². The quantitative estimate of drug-likeness (QED) is 0.0126. The average Bonchev–Trinajstić information content (AvgIpc) is 0.794. The zero-order chi connectivity index (χ0) is 69.9. The molecule has 4 fully saturated rings. The smallest absolute Gasteiger partial charge is 0.404 e. The van der Waals surface area contributed by atoms with Crippen LogP contribution in [-0.2, 0) is 87.2 Å². The Labute approximate surface area is 553 Å². The van der Waals surface area contributed by atoms with Crippen molar-refractivity contribution in [3.05, 3.63) is 29.8 Å². The first-order valence-corrected chi connectivity index (χ1v) is 31.3. The van der Waals surface area contributed by atoms with Gasteiger partial charge in [-0.15, -0.1) is 23.2 Å². The summed E-state index contributed by atoms with van der Waals surface area (Å²) >= 11 is 11.9. The van der Waals surface area contributed by atoms with Gasteiger partial charge in [0.05, 0.1) is 79.1 Å². The van der Waals surface area contributed by atoms with Gasteiger partial charge in [0.2, 0.25) is 17.7 Å². The fourth-order valence-corrected chi connectivity index (χ4v) is 10.5. The van der Waals surface area contributed by atoms with Gasteiger partial charge in [0, 0.05) is 50.0 Å². The van der Waals surface area contributed by atoms with Crippen LogP contribution < -0.4 is 38.1 Å². The standard InChI is InChI=1S/C55H89Cl2N7O31/c56-7-11-64(12-8-57)27-5-3-26(4-6-27)20-28(58)49(80)85-13-1-2-34(69)63-29(48(79)62-10-15-84-17-19-87-53-47(41(76)37(72)31(23-66)91-53)93-51-43(78)45(95-55(60)82)39(74)33(25-68)89-51)21-35(70)61-9-14-83-16-18-86-52-46(40(75)36(71)30(22-65)90-52)92-50-42(77)44(94-54(59)81)38(73)32(24-67)88-50/h3-6,28-33,36-47,50-53,65-68,71-78H,1-2,7-25,58H2,(H2,59,81)(H2,60,82)(H,61,70)(H,62,79)(H,63,69)/t28-,29?,30+,31+,32-,33-,36-,37-,38-,39-,40+,41+,42+,43+,44+,45+,46+,47+,50-,51-,52+,53+/m1/s1. The Morgan fingerprint density at radius 2 is 0.979 bits per heavy atom. The number of hydrogen-bond donors (Lipinski definition) is 18. The maximum Gasteiger partial charge on any atom is 0.404 e. The van der Waals surface area contributed by atoms with Crippen LogP contribution in [0.15, 0.2) is 24.3 Å². The first kappa shape index (κ1) is 80.8. The minimum absolute atomic E-state index is 0.0169. The van der Waals surface area contributed by atoms with E-state index in [4.69, 9.17) is 102 Å². The second-order valence-electron chi connectivity index (χ2n) is 21.9. The lowest BCUT2D eigenvalue weighted by Gasteiger charge is -2.46. The number of amides is 5. The van der Waals surface area contributed by atoms with Crippen molar-refractivity contribution < 1.29 is 152 Å². The van der Waals surface area contributed by atoms with Gasteiger partial charge in [-0.1, -0.05) is 12.1 Å². The number of ether oxygens (including phenoxy) is 13. The highest BCUT2D eigenvalue weighted by atomic mass is 35.5. The van der Waals surface area contributed by atoms with Gasteiger partial charge in [0.1, 0.15) is 97.5 Å². The molecule has 95 heavy (non-hydrogen) atoms. The number of nitrogens with one attached hydrogen (secondary N) is 3. The lowest BCUT2D eigenvalue weighted by atomic mass is 9.97. The van der Waals surface area contributed by atoms with E-state index in [0.29, 0.717) is 24.8 Å². The third-order valence-electron chi connectivity index (χ3n) is 15.1. The summed E-state index contributed by atoms with van der Waals surface area (Å²) in [7, 11) is 0. The molecule has 544 valence electrons. The van der Waals surface area contributed by atoms with Crippen LogP contribution in [0.3, 0.4) is 0 Å². The number of nitrogens with zero attached hydrogens (tertiary/aromatic N) is 1. The zero-order valence-corrected chi connectivity index (χ0v) is 52.9. The van der Waals surface area contributed by atoms with E-state index < -0.39 is 204 Å². The van der Waals surface area contributed by atoms with Crippen LogP contribution in [0.25, 0.3) is 0 Å². The van der Waals surface area contributed by atoms with E-state index >= 15 is 0 Å². The Morgan fingerprint density at radius 3 is 1.42 bits per heavy atom. The Bertz CT molecular complexity index is 2480. The van der Waals surface area contributed by atoms with Crippen LogP contribution in [0.2, 0.25) is 0 Å². The van der Waals surface area contributed by atoms with Crippen molar-refractivity contribution in [3.8, 4) is 0 Å². The normalized spacial score (nSPS) is 31.5. The van der Waals surface area contributed by atoms with E-state index in [2.05, 4.69) is 16.0 Å². The van der Waals surface area contributed by atoms with Crippen molar-refractivity contribution >= 4 is 64.8 Å². The van der Waals surface area contributed by atoms with E-state index in [1.165, 1.54) is 0 Å². The van der Waals surface area contributed by atoms with E-state index in [1.807, 2.05) is 29.2 Å². The van der Waals surface area contributed by atoms with E-state index in [9.17, 15) is 90.0 Å². The van der Waals surface area contributed by atoms with Crippen LogP contribution in [0.5, 0.6) is 0 Å². The Morgan fingerprint density at radius 1 is 0.537 bits per heavy atom. The number of aliphatic hydroxyl groups excluding tert-OH is 12. The number of alkyl halides is 2. The molecule has 4 heterocycles. The molecule has 40 heteroatoms. The van der Waals surface area contributed by atoms with Crippen molar-refractivity contribution in [1.29, 1.82) is 0 Å². The average molecular weight is 1420 g/mol. The molecule has 0 aromatic heterocycles. The van der Waals surface area contributed by atoms with Crippen molar-refractivity contribution in [2.75, 3.05) is 116 Å². The molecule has 5 rings (SSSR count). The van der Waals surface area contributed by atoms with Crippen molar-refractivity contribution in [2.45, 2.75) is 161 Å². The summed E-state index contributed by atoms with van der Waals surface area (Å²) in [4.78, 5) is 78.0. The molecule has 0 saturated carbocycles. The highest BCUT2D eigenvalue weighted by Crippen LogP contribution is 2.33. The molecular weight excluding hydrogens is 1330 g/mol. The Balaban J connectivity index is 1.13. The predicted octanol–water partition coefficient (Wildman–Crippen LogP) is -9.21. The number of benzene rings is 1. The van der Waals surface area contributed by atoms with Gasteiger partial charge in [0.15, 0.2) is 37.4 Å². The molecule has 5 amide bonds. The minimum Gasteiger partial charge on any atom is -0.465 e. The van der Waals surface area contributed by atoms with E-state index in [-0.39, 0.29) is 78.6 Å². The van der Waals surface area contributed by atoms with Crippen molar-refractivity contribution in [1.82, 2.24) is 16.0 Å². The van der Waals surface area contributed by atoms with Crippen LogP contribution >= 0.6 is 23.2 Å². The van der Waals surface area contributed by atoms with Gasteiger partial charge in [-0.05, 0) is 30.5 Å². The van der Waals surface area contributed by atoms with Gasteiger partial charge < -0.3 is 161 Å². The fraction of sp³-hybridized carbons (Fsp3) is 0.782. The number of primary amides is 2. The topological polar surface area (TPSA) is 583 Å². The van der Waals surface area contributed by atoms with Crippen LogP contribution in [0, 0.1) is 0 Å². The number of rotatable bonds is 40. The van der Waals surface area contributed by atoms with Crippen LogP contribution in [0.1, 0.15) is 24.8 Å². The number of carbonyl (C=O) groups excluding carboxylic acids is 6. The third kappa shape index (κ3) is 24.5. The maximum absolute atomic E-state index is 13.6. The monoisotopic (exact) mass is 1410 g/mol. The number of esters is 1. The molecule has 0 aliphatic carbocycles. The molecular formula is C55H89Cl2N7O31. The molecule has 4 aliphatic rings. The first-order valence-electron chi connectivity index (χ1n) is 30.2. The molecule has 22 atom stereocenters. The highest BCUT2D eigenvalue weighted by Gasteiger charge is 2.54. The predicted molar refractivity (Wildman–Crippen MR) is 318 cm³/mol. The van der Waals surface area contributed by atoms with Crippen LogP contribution in [-0.4, -0.2) is 343 Å². The summed E-state index contributed by atoms with van der Waals surface area (Å²) in [6.45, 7) is -4.32. The minimum atomic E-state index is -1.97. The fourth-order valence-electron chi connectivity index (χ4n) is 10.1. The number of aliphatic hydroxyl groups is 12. The number of anilines is 1. The molecule has 38 nitrogen and oxygen atoms in total. The molecule has 1 unspecified atom stereocenters. The summed E-state index contributed by atoms with van der Waals surface area (Å²) in [6, 6.07) is 4.79. The zero-order valence-electron chi connectivity index (χ0n) is 51.4. The van der Waals surface area contributed by atoms with E-state index in [0.717, 1.165) is 11.3 Å². The molecule has 1 aromatic rings. The summed E-state index contributed by atoms with van der Waals surface area (Å²) < 4.78 is 70.9. The highest BCUT2D eigenvalue weighted by molar-refractivity contribution is 6.18. The summed E-state index contributed by atoms with van der Waals surface area (Å²) in [5, 5.41) is 133. The first-order chi connectivity index (χ1) is 45.4. The largest absolute Gasteiger partial charge is 0.465 e. The number of halogens is 2. The summed E-state index contributed by atoms with van der Waals surface area (Å²) in [5.74, 6) is -2.25. The van der Waals surface area contributed by atoms with E-state index in [1.54, 1.807) is 0 Å².